The van der Waals surface area contributed by atoms with Gasteiger partial charge in [-0.2, -0.15) is 0 Å². The van der Waals surface area contributed by atoms with Gasteiger partial charge in [-0.1, -0.05) is 23.4 Å². The number of hydrogen-bond donors (Lipinski definition) is 2. The Kier molecular flexibility index (Phi) is 2.92. The molecule has 3 aromatic rings. The van der Waals surface area contributed by atoms with E-state index in [-0.39, 0.29) is 0 Å². The third kappa shape index (κ3) is 2.06. The summed E-state index contributed by atoms with van der Waals surface area (Å²) in [5, 5.41) is 0.425. The van der Waals surface area contributed by atoms with Crippen molar-refractivity contribution in [1.82, 2.24) is 19.4 Å². The first-order chi connectivity index (χ1) is 9.16. The number of aromatic nitrogens is 4. The Hall–Kier alpha value is -1.99. The fraction of sp³-hybridized carbons (Fsp3) is 0. The van der Waals surface area contributed by atoms with Crippen LogP contribution in [0.25, 0.3) is 5.65 Å². The largest absolute Gasteiger partial charge is 0.382 e. The van der Waals surface area contributed by atoms with Gasteiger partial charge >= 0.3 is 0 Å². The minimum absolute atomic E-state index is 0.300. The summed E-state index contributed by atoms with van der Waals surface area (Å²) in [7, 11) is 0. The Morgan fingerprint density at radius 2 is 1.95 bits per heavy atom. The van der Waals surface area contributed by atoms with Crippen molar-refractivity contribution in [2.75, 3.05) is 11.5 Å². The molecule has 0 amide bonds. The van der Waals surface area contributed by atoms with Crippen molar-refractivity contribution in [3.05, 3.63) is 35.9 Å². The molecule has 0 aliphatic carbocycles. The molecule has 4 N–H and O–H groups in total. The van der Waals surface area contributed by atoms with Gasteiger partial charge in [-0.05, 0) is 6.07 Å². The summed E-state index contributed by atoms with van der Waals surface area (Å²) in [6.07, 6.45) is 6.69. The Balaban J connectivity index is 2.09. The summed E-state index contributed by atoms with van der Waals surface area (Å²) < 4.78 is 1.71. The van der Waals surface area contributed by atoms with Crippen molar-refractivity contribution >= 4 is 40.8 Å². The number of anilines is 2. The van der Waals surface area contributed by atoms with Crippen LogP contribution in [0.15, 0.2) is 40.6 Å². The smallest absolute Gasteiger partial charge is 0.206 e. The number of nitrogen functional groups attached to an aromatic ring is 2. The van der Waals surface area contributed by atoms with Crippen LogP contribution < -0.4 is 11.5 Å². The molecule has 0 saturated carbocycles. The van der Waals surface area contributed by atoms with Crippen molar-refractivity contribution < 1.29 is 0 Å². The van der Waals surface area contributed by atoms with Crippen molar-refractivity contribution in [3.63, 3.8) is 0 Å². The van der Waals surface area contributed by atoms with Crippen LogP contribution in [0.4, 0.5) is 11.8 Å². The lowest BCUT2D eigenvalue weighted by atomic mass is 10.5. The SMILES string of the molecule is Nc1nccc(Sc2cnc(N)n3ccnc23)c1Cl. The van der Waals surface area contributed by atoms with Crippen LogP contribution >= 0.6 is 23.4 Å². The molecule has 96 valence electrons. The van der Waals surface area contributed by atoms with E-state index in [1.54, 1.807) is 35.3 Å². The van der Waals surface area contributed by atoms with E-state index < -0.39 is 0 Å². The zero-order chi connectivity index (χ0) is 13.4. The maximum atomic E-state index is 6.12. The molecule has 0 fully saturated rings. The first-order valence-electron chi connectivity index (χ1n) is 5.32. The fourth-order valence-electron chi connectivity index (χ4n) is 1.63. The van der Waals surface area contributed by atoms with Gasteiger partial charge in [-0.25, -0.2) is 15.0 Å². The molecule has 8 heteroatoms. The van der Waals surface area contributed by atoms with Crippen molar-refractivity contribution in [3.8, 4) is 0 Å². The van der Waals surface area contributed by atoms with Crippen LogP contribution in [0, 0.1) is 0 Å². The second-order valence-corrected chi connectivity index (χ2v) is 5.17. The Labute approximate surface area is 117 Å². The van der Waals surface area contributed by atoms with Crippen molar-refractivity contribution in [1.29, 1.82) is 0 Å². The van der Waals surface area contributed by atoms with Crippen LogP contribution in [-0.2, 0) is 0 Å². The van der Waals surface area contributed by atoms with E-state index in [9.17, 15) is 0 Å². The summed E-state index contributed by atoms with van der Waals surface area (Å²) in [6, 6.07) is 1.79. The molecule has 6 nitrogen and oxygen atoms in total. The highest BCUT2D eigenvalue weighted by Crippen LogP contribution is 2.36. The normalized spacial score (nSPS) is 11.0. The van der Waals surface area contributed by atoms with Gasteiger partial charge in [0.1, 0.15) is 5.82 Å². The maximum Gasteiger partial charge on any atom is 0.206 e. The van der Waals surface area contributed by atoms with Crippen LogP contribution in [0.3, 0.4) is 0 Å². The Morgan fingerprint density at radius 3 is 2.79 bits per heavy atom. The molecule has 3 rings (SSSR count). The minimum atomic E-state index is 0.300. The summed E-state index contributed by atoms with van der Waals surface area (Å²) in [6.45, 7) is 0. The van der Waals surface area contributed by atoms with Crippen LogP contribution in [-0.4, -0.2) is 19.4 Å². The molecule has 3 heterocycles. The molecule has 0 atom stereocenters. The van der Waals surface area contributed by atoms with E-state index in [0.29, 0.717) is 16.8 Å². The van der Waals surface area contributed by atoms with E-state index in [1.165, 1.54) is 11.8 Å². The first-order valence-corrected chi connectivity index (χ1v) is 6.51. The fourth-order valence-corrected chi connectivity index (χ4v) is 2.76. The standard InChI is InChI=1S/C11H9ClN6S/c12-8-6(1-2-15-9(8)13)19-7-5-17-11(14)18-4-3-16-10(7)18/h1-5H,(H2,13,15)(H2,14,17). The first kappa shape index (κ1) is 12.1. The second-order valence-electron chi connectivity index (χ2n) is 3.71. The number of nitrogens with zero attached hydrogens (tertiary/aromatic N) is 4. The van der Waals surface area contributed by atoms with Gasteiger partial charge < -0.3 is 11.5 Å². The van der Waals surface area contributed by atoms with E-state index in [2.05, 4.69) is 15.0 Å². The summed E-state index contributed by atoms with van der Waals surface area (Å²) >= 11 is 7.54. The summed E-state index contributed by atoms with van der Waals surface area (Å²) in [5.41, 5.74) is 12.2. The predicted molar refractivity (Wildman–Crippen MR) is 75.2 cm³/mol. The second kappa shape index (κ2) is 4.60. The third-order valence-electron chi connectivity index (χ3n) is 2.52. The van der Waals surface area contributed by atoms with E-state index in [4.69, 9.17) is 23.1 Å². The van der Waals surface area contributed by atoms with Crippen molar-refractivity contribution in [2.24, 2.45) is 0 Å². The molecule has 0 bridgehead atoms. The Morgan fingerprint density at radius 1 is 1.11 bits per heavy atom. The Bertz CT molecular complexity index is 756. The average molecular weight is 293 g/mol. The summed E-state index contributed by atoms with van der Waals surface area (Å²) in [4.78, 5) is 13.9. The number of fused-ring (bicyclic) bond motifs is 1. The van der Waals surface area contributed by atoms with Gasteiger partial charge in [0.05, 0.1) is 9.92 Å². The summed E-state index contributed by atoms with van der Waals surface area (Å²) in [5.74, 6) is 0.687. The lowest BCUT2D eigenvalue weighted by molar-refractivity contribution is 1.06. The molecule has 0 unspecified atom stereocenters. The van der Waals surface area contributed by atoms with E-state index in [0.717, 1.165) is 15.4 Å². The van der Waals surface area contributed by atoms with Gasteiger partial charge in [0.2, 0.25) is 5.95 Å². The molecule has 0 radical (unpaired) electrons. The quantitative estimate of drug-likeness (QED) is 0.751. The molecule has 0 saturated heterocycles. The number of halogens is 1. The lowest BCUT2D eigenvalue weighted by Gasteiger charge is -2.07. The number of nitrogens with two attached hydrogens (primary N) is 2. The van der Waals surface area contributed by atoms with Gasteiger partial charge in [0.25, 0.3) is 0 Å². The molecule has 0 spiro atoms. The molecule has 19 heavy (non-hydrogen) atoms. The van der Waals surface area contributed by atoms with Gasteiger partial charge in [-0.15, -0.1) is 0 Å². The number of pyridine rings is 1. The highest BCUT2D eigenvalue weighted by molar-refractivity contribution is 7.99. The van der Waals surface area contributed by atoms with Gasteiger partial charge in [0, 0.05) is 29.7 Å². The number of imidazole rings is 1. The molecule has 3 aromatic heterocycles. The van der Waals surface area contributed by atoms with Crippen LogP contribution in [0.5, 0.6) is 0 Å². The maximum absolute atomic E-state index is 6.12. The minimum Gasteiger partial charge on any atom is -0.382 e. The molecule has 0 aromatic carbocycles. The highest BCUT2D eigenvalue weighted by atomic mass is 35.5. The zero-order valence-corrected chi connectivity index (χ0v) is 11.2. The molecule has 0 aliphatic heterocycles. The van der Waals surface area contributed by atoms with Crippen LogP contribution in [0.2, 0.25) is 5.02 Å². The molecular weight excluding hydrogens is 284 g/mol. The van der Waals surface area contributed by atoms with Crippen LogP contribution in [0.1, 0.15) is 0 Å². The predicted octanol–water partition coefficient (Wildman–Crippen LogP) is 2.09. The molecule has 0 aliphatic rings. The third-order valence-corrected chi connectivity index (χ3v) is 4.10. The lowest BCUT2D eigenvalue weighted by Crippen LogP contribution is -2.00. The number of rotatable bonds is 2. The number of hydrogen-bond acceptors (Lipinski definition) is 6. The topological polar surface area (TPSA) is 95.1 Å². The molecular formula is C11H9ClN6S. The van der Waals surface area contributed by atoms with E-state index in [1.807, 2.05) is 0 Å². The average Bonchev–Trinajstić information content (AvgIpc) is 2.88. The highest BCUT2D eigenvalue weighted by Gasteiger charge is 2.11. The van der Waals surface area contributed by atoms with Gasteiger partial charge in [-0.3, -0.25) is 4.40 Å². The monoisotopic (exact) mass is 292 g/mol. The van der Waals surface area contributed by atoms with Gasteiger partial charge in [0.15, 0.2) is 5.65 Å². The van der Waals surface area contributed by atoms with E-state index >= 15 is 0 Å². The zero-order valence-electron chi connectivity index (χ0n) is 9.62. The van der Waals surface area contributed by atoms with Crippen molar-refractivity contribution in [2.45, 2.75) is 9.79 Å².